The molecule has 1 atom stereocenters. The minimum atomic E-state index is -1.28. The second-order valence-electron chi connectivity index (χ2n) is 5.42. The molecule has 0 radical (unpaired) electrons. The van der Waals surface area contributed by atoms with Gasteiger partial charge in [0.1, 0.15) is 16.7 Å². The molecule has 1 rings (SSSR count). The van der Waals surface area contributed by atoms with Crippen molar-refractivity contribution >= 4 is 28.3 Å². The van der Waals surface area contributed by atoms with E-state index in [4.69, 9.17) is 16.3 Å². The number of methoxy groups -OCH3 is 1. The van der Waals surface area contributed by atoms with Gasteiger partial charge in [0.05, 0.1) is 17.6 Å². The lowest BCUT2D eigenvalue weighted by Gasteiger charge is -2.15. The zero-order valence-electron chi connectivity index (χ0n) is 12.5. The average molecular weight is 316 g/mol. The molecule has 20 heavy (non-hydrogen) atoms. The van der Waals surface area contributed by atoms with E-state index in [1.54, 1.807) is 7.11 Å². The lowest BCUT2D eigenvalue weighted by molar-refractivity contribution is 0.414. The first kappa shape index (κ1) is 17.2. The molecular weight excluding hydrogens is 294 g/mol. The standard InChI is InChI=1S/C15H22ClNO2S/c1-15(2,3)20(18)17-14(9-6-10-16)12-7-5-8-13(11-12)19-4/h5,7-8,11H,6,9-10H2,1-4H3. The maximum Gasteiger partial charge on any atom is 0.145 e. The highest BCUT2D eigenvalue weighted by molar-refractivity contribution is 7.85. The Labute approximate surface area is 129 Å². The summed E-state index contributed by atoms with van der Waals surface area (Å²) in [5.74, 6) is 1.33. The summed E-state index contributed by atoms with van der Waals surface area (Å²) in [6.07, 6.45) is 1.51. The molecule has 5 heteroatoms. The van der Waals surface area contributed by atoms with Crippen molar-refractivity contribution in [2.24, 2.45) is 4.40 Å². The predicted octanol–water partition coefficient (Wildman–Crippen LogP) is 3.97. The molecule has 0 aliphatic rings. The number of benzene rings is 1. The summed E-state index contributed by atoms with van der Waals surface area (Å²) in [6, 6.07) is 7.65. The molecule has 1 aromatic rings. The van der Waals surface area contributed by atoms with Crippen molar-refractivity contribution in [1.29, 1.82) is 0 Å². The van der Waals surface area contributed by atoms with E-state index in [-0.39, 0.29) is 4.75 Å². The summed E-state index contributed by atoms with van der Waals surface area (Å²) in [7, 11) is 0.351. The molecular formula is C15H22ClNO2S. The van der Waals surface area contributed by atoms with Gasteiger partial charge in [-0.2, -0.15) is 4.40 Å². The van der Waals surface area contributed by atoms with Gasteiger partial charge in [-0.15, -0.1) is 11.6 Å². The molecule has 112 valence electrons. The van der Waals surface area contributed by atoms with Gasteiger partial charge >= 0.3 is 0 Å². The quantitative estimate of drug-likeness (QED) is 0.588. The van der Waals surface area contributed by atoms with E-state index in [9.17, 15) is 4.21 Å². The van der Waals surface area contributed by atoms with E-state index in [0.717, 1.165) is 23.4 Å². The summed E-state index contributed by atoms with van der Waals surface area (Å²) in [5, 5.41) is 0. The van der Waals surface area contributed by atoms with Crippen LogP contribution in [-0.4, -0.2) is 27.7 Å². The van der Waals surface area contributed by atoms with E-state index in [2.05, 4.69) is 4.40 Å². The Hall–Kier alpha value is -0.870. The van der Waals surface area contributed by atoms with Crippen LogP contribution in [0.2, 0.25) is 0 Å². The first-order valence-corrected chi connectivity index (χ1v) is 8.22. The van der Waals surface area contributed by atoms with Crippen molar-refractivity contribution in [1.82, 2.24) is 0 Å². The molecule has 0 saturated heterocycles. The second-order valence-corrected chi connectivity index (χ2v) is 7.71. The first-order chi connectivity index (χ1) is 9.38. The average Bonchev–Trinajstić information content (AvgIpc) is 2.42. The van der Waals surface area contributed by atoms with Crippen LogP contribution in [0.5, 0.6) is 5.75 Å². The Kier molecular flexibility index (Phi) is 6.69. The fourth-order valence-electron chi connectivity index (χ4n) is 1.52. The highest BCUT2D eigenvalue weighted by atomic mass is 35.5. The number of ether oxygens (including phenoxy) is 1. The van der Waals surface area contributed by atoms with Gasteiger partial charge in [-0.3, -0.25) is 0 Å². The van der Waals surface area contributed by atoms with E-state index < -0.39 is 11.0 Å². The highest BCUT2D eigenvalue weighted by Gasteiger charge is 2.20. The van der Waals surface area contributed by atoms with Gasteiger partial charge in [0.15, 0.2) is 0 Å². The van der Waals surface area contributed by atoms with Crippen molar-refractivity contribution in [3.63, 3.8) is 0 Å². The van der Waals surface area contributed by atoms with E-state index in [1.165, 1.54) is 0 Å². The molecule has 0 bridgehead atoms. The first-order valence-electron chi connectivity index (χ1n) is 6.58. The predicted molar refractivity (Wildman–Crippen MR) is 87.4 cm³/mol. The monoisotopic (exact) mass is 315 g/mol. The van der Waals surface area contributed by atoms with Crippen molar-refractivity contribution in [2.45, 2.75) is 38.4 Å². The number of nitrogens with zero attached hydrogens (tertiary/aromatic N) is 1. The molecule has 0 N–H and O–H groups in total. The third-order valence-corrected chi connectivity index (χ3v) is 4.37. The lowest BCUT2D eigenvalue weighted by Crippen LogP contribution is -2.21. The van der Waals surface area contributed by atoms with Crippen LogP contribution in [0.1, 0.15) is 39.2 Å². The summed E-state index contributed by atoms with van der Waals surface area (Å²) >= 11 is 5.76. The number of halogens is 1. The zero-order chi connectivity index (χ0) is 15.2. The van der Waals surface area contributed by atoms with E-state index >= 15 is 0 Å². The number of rotatable bonds is 6. The molecule has 0 saturated carbocycles. The Morgan fingerprint density at radius 1 is 1.40 bits per heavy atom. The number of alkyl halides is 1. The molecule has 1 aromatic carbocycles. The van der Waals surface area contributed by atoms with E-state index in [0.29, 0.717) is 12.3 Å². The van der Waals surface area contributed by atoms with Crippen LogP contribution in [0.15, 0.2) is 28.7 Å². The summed E-state index contributed by atoms with van der Waals surface area (Å²) in [6.45, 7) is 5.74. The van der Waals surface area contributed by atoms with Gasteiger partial charge in [-0.05, 0) is 45.7 Å². The third kappa shape index (κ3) is 5.25. The Morgan fingerprint density at radius 3 is 2.65 bits per heavy atom. The van der Waals surface area contributed by atoms with Gasteiger partial charge in [0.25, 0.3) is 0 Å². The largest absolute Gasteiger partial charge is 0.497 e. The van der Waals surface area contributed by atoms with Crippen LogP contribution < -0.4 is 4.74 Å². The summed E-state index contributed by atoms with van der Waals surface area (Å²) in [5.41, 5.74) is 1.75. The van der Waals surface area contributed by atoms with Crippen LogP contribution in [0.25, 0.3) is 0 Å². The van der Waals surface area contributed by atoms with Gasteiger partial charge in [-0.1, -0.05) is 12.1 Å². The molecule has 0 fully saturated rings. The van der Waals surface area contributed by atoms with Crippen LogP contribution in [0.4, 0.5) is 0 Å². The van der Waals surface area contributed by atoms with Crippen molar-refractivity contribution < 1.29 is 8.95 Å². The zero-order valence-corrected chi connectivity index (χ0v) is 14.1. The van der Waals surface area contributed by atoms with Gasteiger partial charge in [0, 0.05) is 11.4 Å². The minimum Gasteiger partial charge on any atom is -0.497 e. The fourth-order valence-corrected chi connectivity index (χ4v) is 2.32. The van der Waals surface area contributed by atoms with Crippen molar-refractivity contribution in [2.75, 3.05) is 13.0 Å². The SMILES string of the molecule is COc1cccc(C(CCCCl)=NS(=O)C(C)(C)C)c1. The van der Waals surface area contributed by atoms with Crippen LogP contribution >= 0.6 is 11.6 Å². The minimum absolute atomic E-state index is 0.370. The maximum absolute atomic E-state index is 12.2. The van der Waals surface area contributed by atoms with Crippen LogP contribution in [0.3, 0.4) is 0 Å². The molecule has 0 amide bonds. The fraction of sp³-hybridized carbons (Fsp3) is 0.533. The normalized spacial score (nSPS) is 14.2. The van der Waals surface area contributed by atoms with Gasteiger partial charge in [0.2, 0.25) is 0 Å². The topological polar surface area (TPSA) is 38.7 Å². The molecule has 0 spiro atoms. The molecule has 1 unspecified atom stereocenters. The Balaban J connectivity index is 3.11. The number of hydrogen-bond donors (Lipinski definition) is 0. The number of hydrogen-bond acceptors (Lipinski definition) is 2. The molecule has 0 aliphatic heterocycles. The summed E-state index contributed by atoms with van der Waals surface area (Å²) < 4.78 is 21.5. The maximum atomic E-state index is 12.2. The van der Waals surface area contributed by atoms with Crippen LogP contribution in [-0.2, 0) is 11.0 Å². The molecule has 0 aliphatic carbocycles. The molecule has 0 aromatic heterocycles. The highest BCUT2D eigenvalue weighted by Crippen LogP contribution is 2.19. The molecule has 0 heterocycles. The van der Waals surface area contributed by atoms with Gasteiger partial charge < -0.3 is 4.74 Å². The molecule has 3 nitrogen and oxygen atoms in total. The van der Waals surface area contributed by atoms with E-state index in [1.807, 2.05) is 45.0 Å². The van der Waals surface area contributed by atoms with Gasteiger partial charge in [-0.25, -0.2) is 4.21 Å². The lowest BCUT2D eigenvalue weighted by atomic mass is 10.1. The van der Waals surface area contributed by atoms with Crippen molar-refractivity contribution in [3.8, 4) is 5.75 Å². The Bertz CT molecular complexity index is 495. The third-order valence-electron chi connectivity index (χ3n) is 2.67. The second kappa shape index (κ2) is 7.79. The Morgan fingerprint density at radius 2 is 2.10 bits per heavy atom. The van der Waals surface area contributed by atoms with Crippen molar-refractivity contribution in [3.05, 3.63) is 29.8 Å². The smallest absolute Gasteiger partial charge is 0.145 e. The summed E-state index contributed by atoms with van der Waals surface area (Å²) in [4.78, 5) is 0. The van der Waals surface area contributed by atoms with Crippen LogP contribution in [0, 0.1) is 0 Å².